The van der Waals surface area contributed by atoms with Gasteiger partial charge in [0, 0.05) is 16.0 Å². The average Bonchev–Trinajstić information content (AvgIpc) is 2.90. The molecule has 0 spiro atoms. The minimum Gasteiger partial charge on any atom is -0.481 e. The summed E-state index contributed by atoms with van der Waals surface area (Å²) in [5.74, 6) is -0.867. The SMILES string of the molecule is Cc1cccc(Cl)c1-c1nc(-c2ccccc2)c(CC(=O)O)s1. The molecular weight excluding hydrogens is 330 g/mol. The number of aliphatic carboxylic acids is 1. The molecule has 5 heteroatoms. The fraction of sp³-hybridized carbons (Fsp3) is 0.111. The molecule has 0 amide bonds. The van der Waals surface area contributed by atoms with Crippen LogP contribution in [0.4, 0.5) is 0 Å². The van der Waals surface area contributed by atoms with E-state index in [4.69, 9.17) is 16.6 Å². The Hall–Kier alpha value is -2.17. The zero-order valence-corrected chi connectivity index (χ0v) is 14.0. The third kappa shape index (κ3) is 3.28. The molecule has 2 aromatic carbocycles. The molecule has 0 bridgehead atoms. The average molecular weight is 344 g/mol. The highest BCUT2D eigenvalue weighted by Crippen LogP contribution is 2.38. The van der Waals surface area contributed by atoms with Gasteiger partial charge in [0.15, 0.2) is 0 Å². The topological polar surface area (TPSA) is 50.2 Å². The Labute approximate surface area is 143 Å². The number of thiazole rings is 1. The Morgan fingerprint density at radius 3 is 2.57 bits per heavy atom. The molecule has 0 saturated carbocycles. The number of aromatic nitrogens is 1. The maximum Gasteiger partial charge on any atom is 0.308 e. The first-order chi connectivity index (χ1) is 11.1. The molecule has 3 aromatic rings. The molecule has 3 nitrogen and oxygen atoms in total. The summed E-state index contributed by atoms with van der Waals surface area (Å²) in [5, 5.41) is 10.6. The molecule has 0 atom stereocenters. The van der Waals surface area contributed by atoms with Crippen molar-refractivity contribution in [3.8, 4) is 21.8 Å². The number of hydrogen-bond acceptors (Lipinski definition) is 3. The van der Waals surface area contributed by atoms with Gasteiger partial charge < -0.3 is 5.11 Å². The van der Waals surface area contributed by atoms with Crippen LogP contribution in [0.25, 0.3) is 21.8 Å². The van der Waals surface area contributed by atoms with Crippen LogP contribution in [0.2, 0.25) is 5.02 Å². The van der Waals surface area contributed by atoms with E-state index >= 15 is 0 Å². The van der Waals surface area contributed by atoms with Crippen LogP contribution in [0, 0.1) is 6.92 Å². The van der Waals surface area contributed by atoms with E-state index in [1.165, 1.54) is 11.3 Å². The number of aryl methyl sites for hydroxylation is 1. The maximum atomic E-state index is 11.2. The second-order valence-electron chi connectivity index (χ2n) is 5.16. The largest absolute Gasteiger partial charge is 0.481 e. The summed E-state index contributed by atoms with van der Waals surface area (Å²) in [4.78, 5) is 16.6. The van der Waals surface area contributed by atoms with Gasteiger partial charge in [0.2, 0.25) is 0 Å². The molecule has 0 fully saturated rings. The number of carboxylic acid groups (broad SMARTS) is 1. The van der Waals surface area contributed by atoms with Crippen molar-refractivity contribution in [3.63, 3.8) is 0 Å². The Bertz CT molecular complexity index is 838. The number of carbonyl (C=O) groups is 1. The lowest BCUT2D eigenvalue weighted by molar-refractivity contribution is -0.136. The minimum atomic E-state index is -0.867. The second-order valence-corrected chi connectivity index (χ2v) is 6.65. The molecule has 0 aliphatic heterocycles. The van der Waals surface area contributed by atoms with Crippen molar-refractivity contribution in [2.75, 3.05) is 0 Å². The zero-order valence-electron chi connectivity index (χ0n) is 12.4. The molecule has 0 unspecified atom stereocenters. The molecule has 1 heterocycles. The van der Waals surface area contributed by atoms with E-state index in [2.05, 4.69) is 0 Å². The molecular formula is C18H14ClNO2S. The van der Waals surface area contributed by atoms with E-state index in [1.54, 1.807) is 0 Å². The Morgan fingerprint density at radius 1 is 1.17 bits per heavy atom. The van der Waals surface area contributed by atoms with E-state index in [1.807, 2.05) is 55.5 Å². The van der Waals surface area contributed by atoms with Gasteiger partial charge in [0.25, 0.3) is 0 Å². The number of nitrogens with zero attached hydrogens (tertiary/aromatic N) is 1. The first-order valence-corrected chi connectivity index (χ1v) is 8.28. The van der Waals surface area contributed by atoms with Gasteiger partial charge >= 0.3 is 5.97 Å². The van der Waals surface area contributed by atoms with Gasteiger partial charge in [-0.2, -0.15) is 0 Å². The molecule has 0 radical (unpaired) electrons. The van der Waals surface area contributed by atoms with Gasteiger partial charge in [-0.05, 0) is 18.6 Å². The van der Waals surface area contributed by atoms with E-state index in [-0.39, 0.29) is 6.42 Å². The minimum absolute atomic E-state index is 0.0502. The number of rotatable bonds is 4. The molecule has 116 valence electrons. The monoisotopic (exact) mass is 343 g/mol. The lowest BCUT2D eigenvalue weighted by Crippen LogP contribution is -1.99. The Balaban J connectivity index is 2.17. The van der Waals surface area contributed by atoms with Crippen LogP contribution < -0.4 is 0 Å². The van der Waals surface area contributed by atoms with Crippen molar-refractivity contribution in [2.45, 2.75) is 13.3 Å². The van der Waals surface area contributed by atoms with Crippen molar-refractivity contribution in [3.05, 3.63) is 64.0 Å². The maximum absolute atomic E-state index is 11.2. The van der Waals surface area contributed by atoms with Crippen LogP contribution in [0.1, 0.15) is 10.4 Å². The van der Waals surface area contributed by atoms with Gasteiger partial charge in [-0.3, -0.25) is 4.79 Å². The smallest absolute Gasteiger partial charge is 0.308 e. The number of benzene rings is 2. The van der Waals surface area contributed by atoms with Gasteiger partial charge in [-0.15, -0.1) is 11.3 Å². The van der Waals surface area contributed by atoms with Gasteiger partial charge in [0.1, 0.15) is 5.01 Å². The number of carboxylic acids is 1. The van der Waals surface area contributed by atoms with Crippen molar-refractivity contribution in [2.24, 2.45) is 0 Å². The summed E-state index contributed by atoms with van der Waals surface area (Å²) in [6, 6.07) is 15.3. The molecule has 0 saturated heterocycles. The lowest BCUT2D eigenvalue weighted by atomic mass is 10.1. The van der Waals surface area contributed by atoms with Gasteiger partial charge in [-0.25, -0.2) is 4.98 Å². The van der Waals surface area contributed by atoms with Crippen LogP contribution in [0.15, 0.2) is 48.5 Å². The highest BCUT2D eigenvalue weighted by Gasteiger charge is 2.19. The molecule has 1 N–H and O–H groups in total. The van der Waals surface area contributed by atoms with Gasteiger partial charge in [-0.1, -0.05) is 54.1 Å². The molecule has 0 aliphatic rings. The fourth-order valence-corrected chi connectivity index (χ4v) is 4.01. The third-order valence-electron chi connectivity index (χ3n) is 3.49. The summed E-state index contributed by atoms with van der Waals surface area (Å²) in [6.07, 6.45) is -0.0502. The highest BCUT2D eigenvalue weighted by molar-refractivity contribution is 7.15. The summed E-state index contributed by atoms with van der Waals surface area (Å²) in [6.45, 7) is 1.97. The van der Waals surface area contributed by atoms with E-state index < -0.39 is 5.97 Å². The quantitative estimate of drug-likeness (QED) is 0.719. The normalized spacial score (nSPS) is 10.7. The van der Waals surface area contributed by atoms with Crippen LogP contribution in [-0.4, -0.2) is 16.1 Å². The zero-order chi connectivity index (χ0) is 16.4. The van der Waals surface area contributed by atoms with Crippen molar-refractivity contribution >= 4 is 28.9 Å². The molecule has 3 rings (SSSR count). The van der Waals surface area contributed by atoms with Crippen LogP contribution in [0.5, 0.6) is 0 Å². The summed E-state index contributed by atoms with van der Waals surface area (Å²) in [5.41, 5.74) is 3.52. The standard InChI is InChI=1S/C18H14ClNO2S/c1-11-6-5-9-13(19)16(11)18-20-17(12-7-3-2-4-8-12)14(23-18)10-15(21)22/h2-9H,10H2,1H3,(H,21,22). The first kappa shape index (κ1) is 15.7. The number of halogens is 1. The lowest BCUT2D eigenvalue weighted by Gasteiger charge is -2.04. The molecule has 23 heavy (non-hydrogen) atoms. The number of hydrogen-bond donors (Lipinski definition) is 1. The van der Waals surface area contributed by atoms with E-state index in [0.717, 1.165) is 26.6 Å². The third-order valence-corrected chi connectivity index (χ3v) is 4.88. The summed E-state index contributed by atoms with van der Waals surface area (Å²) in [7, 11) is 0. The summed E-state index contributed by atoms with van der Waals surface area (Å²) >= 11 is 7.72. The van der Waals surface area contributed by atoms with Crippen LogP contribution >= 0.6 is 22.9 Å². The van der Waals surface area contributed by atoms with Crippen molar-refractivity contribution in [1.82, 2.24) is 4.98 Å². The van der Waals surface area contributed by atoms with E-state index in [9.17, 15) is 9.90 Å². The second kappa shape index (κ2) is 6.52. The van der Waals surface area contributed by atoms with Crippen molar-refractivity contribution < 1.29 is 9.90 Å². The predicted octanol–water partition coefficient (Wildman–Crippen LogP) is 5.07. The summed E-state index contributed by atoms with van der Waals surface area (Å²) < 4.78 is 0. The highest BCUT2D eigenvalue weighted by atomic mass is 35.5. The van der Waals surface area contributed by atoms with Gasteiger partial charge in [0.05, 0.1) is 17.1 Å². The fourth-order valence-electron chi connectivity index (χ4n) is 2.44. The van der Waals surface area contributed by atoms with Crippen LogP contribution in [0.3, 0.4) is 0 Å². The van der Waals surface area contributed by atoms with E-state index in [0.29, 0.717) is 10.7 Å². The predicted molar refractivity (Wildman–Crippen MR) is 94.1 cm³/mol. The molecule has 0 aliphatic carbocycles. The van der Waals surface area contributed by atoms with Crippen LogP contribution in [-0.2, 0) is 11.2 Å². The first-order valence-electron chi connectivity index (χ1n) is 7.08. The Morgan fingerprint density at radius 2 is 1.91 bits per heavy atom. The Kier molecular flexibility index (Phi) is 4.46. The molecule has 1 aromatic heterocycles. The van der Waals surface area contributed by atoms with Crippen molar-refractivity contribution in [1.29, 1.82) is 0 Å².